The molecule has 0 atom stereocenters. The first kappa shape index (κ1) is 15.5. The zero-order valence-electron chi connectivity index (χ0n) is 13.9. The van der Waals surface area contributed by atoms with Crippen molar-refractivity contribution in [3.8, 4) is 0 Å². The zero-order valence-corrected chi connectivity index (χ0v) is 13.9. The van der Waals surface area contributed by atoms with Gasteiger partial charge in [-0.2, -0.15) is 4.98 Å². The fraction of sp³-hybridized carbons (Fsp3) is 0.500. The van der Waals surface area contributed by atoms with Gasteiger partial charge in [0, 0.05) is 51.2 Å². The first-order chi connectivity index (χ1) is 11.1. The standard InChI is InChI=1S/C16H23N7/c1-12-10-14(19-11-18-12)20-13-5-8-23(9-6-13)16-17-7-4-15(21-16)22(2)3/h4,7,10-11,13H,5-6,8-9H2,1-3H3,(H,18,19,20). The summed E-state index contributed by atoms with van der Waals surface area (Å²) in [4.78, 5) is 21.7. The predicted octanol–water partition coefficient (Wildman–Crippen LogP) is 1.72. The topological polar surface area (TPSA) is 70.1 Å². The minimum absolute atomic E-state index is 0.428. The van der Waals surface area contributed by atoms with Crippen molar-refractivity contribution in [1.29, 1.82) is 0 Å². The third-order valence-corrected chi connectivity index (χ3v) is 4.02. The molecule has 7 heteroatoms. The lowest BCUT2D eigenvalue weighted by Crippen LogP contribution is -2.40. The van der Waals surface area contributed by atoms with E-state index < -0.39 is 0 Å². The largest absolute Gasteiger partial charge is 0.367 e. The summed E-state index contributed by atoms with van der Waals surface area (Å²) in [6, 6.07) is 4.34. The van der Waals surface area contributed by atoms with Crippen LogP contribution in [0.15, 0.2) is 24.7 Å². The number of nitrogens with one attached hydrogen (secondary N) is 1. The van der Waals surface area contributed by atoms with Crippen molar-refractivity contribution in [3.63, 3.8) is 0 Å². The van der Waals surface area contributed by atoms with E-state index in [0.717, 1.165) is 49.2 Å². The molecule has 0 unspecified atom stereocenters. The maximum Gasteiger partial charge on any atom is 0.227 e. The Morgan fingerprint density at radius 1 is 1.17 bits per heavy atom. The molecule has 1 aliphatic heterocycles. The number of hydrogen-bond acceptors (Lipinski definition) is 7. The Morgan fingerprint density at radius 2 is 1.96 bits per heavy atom. The molecule has 1 N–H and O–H groups in total. The molecular formula is C16H23N7. The van der Waals surface area contributed by atoms with Crippen LogP contribution in [0, 0.1) is 6.92 Å². The fourth-order valence-electron chi connectivity index (χ4n) is 2.71. The summed E-state index contributed by atoms with van der Waals surface area (Å²) in [5.41, 5.74) is 0.980. The summed E-state index contributed by atoms with van der Waals surface area (Å²) in [6.07, 6.45) is 5.51. The van der Waals surface area contributed by atoms with Crippen LogP contribution < -0.4 is 15.1 Å². The van der Waals surface area contributed by atoms with E-state index in [1.54, 1.807) is 6.33 Å². The number of piperidine rings is 1. The number of nitrogens with zero attached hydrogens (tertiary/aromatic N) is 6. The van der Waals surface area contributed by atoms with E-state index in [-0.39, 0.29) is 0 Å². The van der Waals surface area contributed by atoms with E-state index in [0.29, 0.717) is 6.04 Å². The van der Waals surface area contributed by atoms with E-state index in [1.165, 1.54) is 0 Å². The molecule has 23 heavy (non-hydrogen) atoms. The van der Waals surface area contributed by atoms with Gasteiger partial charge in [-0.3, -0.25) is 0 Å². The second-order valence-corrected chi connectivity index (χ2v) is 6.06. The first-order valence-corrected chi connectivity index (χ1v) is 7.92. The molecule has 2 aromatic rings. The van der Waals surface area contributed by atoms with Gasteiger partial charge < -0.3 is 15.1 Å². The number of anilines is 3. The van der Waals surface area contributed by atoms with Crippen molar-refractivity contribution >= 4 is 17.6 Å². The molecule has 0 saturated carbocycles. The smallest absolute Gasteiger partial charge is 0.227 e. The van der Waals surface area contributed by atoms with Crippen molar-refractivity contribution < 1.29 is 0 Å². The van der Waals surface area contributed by atoms with Gasteiger partial charge in [0.15, 0.2) is 0 Å². The molecule has 0 radical (unpaired) electrons. The second-order valence-electron chi connectivity index (χ2n) is 6.06. The number of hydrogen-bond donors (Lipinski definition) is 1. The minimum Gasteiger partial charge on any atom is -0.367 e. The molecule has 122 valence electrons. The molecule has 0 amide bonds. The Labute approximate surface area is 136 Å². The third kappa shape index (κ3) is 3.85. The van der Waals surface area contributed by atoms with E-state index in [9.17, 15) is 0 Å². The van der Waals surface area contributed by atoms with Crippen molar-refractivity contribution in [3.05, 3.63) is 30.4 Å². The van der Waals surface area contributed by atoms with Crippen LogP contribution in [0.5, 0.6) is 0 Å². The van der Waals surface area contributed by atoms with Crippen LogP contribution in [0.3, 0.4) is 0 Å². The summed E-state index contributed by atoms with van der Waals surface area (Å²) in [7, 11) is 3.98. The summed E-state index contributed by atoms with van der Waals surface area (Å²) in [5.74, 6) is 2.65. The average Bonchev–Trinajstić information content (AvgIpc) is 2.56. The Morgan fingerprint density at radius 3 is 2.65 bits per heavy atom. The van der Waals surface area contributed by atoms with Gasteiger partial charge in [-0.15, -0.1) is 0 Å². The minimum atomic E-state index is 0.428. The molecule has 0 spiro atoms. The number of aryl methyl sites for hydroxylation is 1. The molecule has 1 aliphatic rings. The number of rotatable bonds is 4. The monoisotopic (exact) mass is 313 g/mol. The quantitative estimate of drug-likeness (QED) is 0.921. The summed E-state index contributed by atoms with van der Waals surface area (Å²) < 4.78 is 0. The molecule has 0 aliphatic carbocycles. The molecule has 0 bridgehead atoms. The second kappa shape index (κ2) is 6.76. The van der Waals surface area contributed by atoms with E-state index >= 15 is 0 Å². The van der Waals surface area contributed by atoms with Gasteiger partial charge in [-0.1, -0.05) is 0 Å². The Kier molecular flexibility index (Phi) is 4.55. The SMILES string of the molecule is Cc1cc(NC2CCN(c3nccc(N(C)C)n3)CC2)ncn1. The molecule has 7 nitrogen and oxygen atoms in total. The molecule has 3 rings (SSSR count). The Hall–Kier alpha value is -2.44. The van der Waals surface area contributed by atoms with Crippen LogP contribution in [0.25, 0.3) is 0 Å². The molecule has 1 fully saturated rings. The fourth-order valence-corrected chi connectivity index (χ4v) is 2.71. The summed E-state index contributed by atoms with van der Waals surface area (Å²) >= 11 is 0. The van der Waals surface area contributed by atoms with Crippen LogP contribution in [0.1, 0.15) is 18.5 Å². The summed E-state index contributed by atoms with van der Waals surface area (Å²) in [5, 5.41) is 3.50. The maximum absolute atomic E-state index is 4.62. The third-order valence-electron chi connectivity index (χ3n) is 4.02. The van der Waals surface area contributed by atoms with E-state index in [1.807, 2.05) is 44.2 Å². The summed E-state index contributed by atoms with van der Waals surface area (Å²) in [6.45, 7) is 3.86. The molecule has 0 aromatic carbocycles. The van der Waals surface area contributed by atoms with Crippen LogP contribution >= 0.6 is 0 Å². The zero-order chi connectivity index (χ0) is 16.2. The average molecular weight is 313 g/mol. The van der Waals surface area contributed by atoms with Crippen molar-refractivity contribution in [2.24, 2.45) is 0 Å². The number of aromatic nitrogens is 4. The molecule has 2 aromatic heterocycles. The normalized spacial score (nSPS) is 15.5. The highest BCUT2D eigenvalue weighted by Crippen LogP contribution is 2.20. The lowest BCUT2D eigenvalue weighted by atomic mass is 10.1. The van der Waals surface area contributed by atoms with E-state index in [2.05, 4.69) is 30.2 Å². The van der Waals surface area contributed by atoms with Gasteiger partial charge in [0.25, 0.3) is 0 Å². The van der Waals surface area contributed by atoms with Crippen LogP contribution in [-0.2, 0) is 0 Å². The van der Waals surface area contributed by atoms with Gasteiger partial charge >= 0.3 is 0 Å². The molecule has 1 saturated heterocycles. The Balaban J connectivity index is 1.59. The van der Waals surface area contributed by atoms with Gasteiger partial charge in [0.05, 0.1) is 0 Å². The van der Waals surface area contributed by atoms with Crippen LogP contribution in [-0.4, -0.2) is 53.2 Å². The van der Waals surface area contributed by atoms with Crippen LogP contribution in [0.2, 0.25) is 0 Å². The van der Waals surface area contributed by atoms with Gasteiger partial charge in [-0.25, -0.2) is 15.0 Å². The maximum atomic E-state index is 4.62. The van der Waals surface area contributed by atoms with Gasteiger partial charge in [-0.05, 0) is 25.8 Å². The Bertz CT molecular complexity index is 650. The molecule has 3 heterocycles. The lowest BCUT2D eigenvalue weighted by molar-refractivity contribution is 0.518. The highest BCUT2D eigenvalue weighted by Gasteiger charge is 2.21. The van der Waals surface area contributed by atoms with E-state index in [4.69, 9.17) is 0 Å². The van der Waals surface area contributed by atoms with Crippen LogP contribution in [0.4, 0.5) is 17.6 Å². The lowest BCUT2D eigenvalue weighted by Gasteiger charge is -2.32. The first-order valence-electron chi connectivity index (χ1n) is 7.92. The highest BCUT2D eigenvalue weighted by atomic mass is 15.3. The van der Waals surface area contributed by atoms with Crippen molar-refractivity contribution in [2.45, 2.75) is 25.8 Å². The van der Waals surface area contributed by atoms with Crippen molar-refractivity contribution in [1.82, 2.24) is 19.9 Å². The van der Waals surface area contributed by atoms with Gasteiger partial charge in [0.2, 0.25) is 5.95 Å². The van der Waals surface area contributed by atoms with Crippen molar-refractivity contribution in [2.75, 3.05) is 42.3 Å². The molecular weight excluding hydrogens is 290 g/mol. The van der Waals surface area contributed by atoms with Gasteiger partial charge in [0.1, 0.15) is 18.0 Å². The predicted molar refractivity (Wildman–Crippen MR) is 92.0 cm³/mol. The highest BCUT2D eigenvalue weighted by molar-refractivity contribution is 5.43.